The van der Waals surface area contributed by atoms with Gasteiger partial charge < -0.3 is 4.74 Å². The van der Waals surface area contributed by atoms with Crippen molar-refractivity contribution in [1.29, 1.82) is 0 Å². The predicted octanol–water partition coefficient (Wildman–Crippen LogP) is 4.88. The largest absolute Gasteiger partial charge is 0.485 e. The zero-order chi connectivity index (χ0) is 26.3. The highest BCUT2D eigenvalue weighted by Crippen LogP contribution is 2.22. The fourth-order valence-electron chi connectivity index (χ4n) is 3.14. The molecule has 7 nitrogen and oxygen atoms in total. The first-order valence-electron chi connectivity index (χ1n) is 11.4. The van der Waals surface area contributed by atoms with Gasteiger partial charge in [-0.25, -0.2) is 4.68 Å². The minimum Gasteiger partial charge on any atom is -0.485 e. The Morgan fingerprint density at radius 1 is 1.00 bits per heavy atom. The Hall–Kier alpha value is -3.12. The molecule has 9 heteroatoms. The van der Waals surface area contributed by atoms with Crippen LogP contribution in [0.25, 0.3) is 0 Å². The smallest absolute Gasteiger partial charge is 0.297 e. The van der Waals surface area contributed by atoms with E-state index in [1.54, 1.807) is 12.1 Å². The SMILES string of the molecule is Cc1ccc(S(=O)(=O)OCCC#CCc2ccc(COc3cnn(C(C)(C)C)c(=O)c3Cl)cc2)cc1. The molecule has 190 valence electrons. The van der Waals surface area contributed by atoms with E-state index in [0.29, 0.717) is 12.8 Å². The first-order valence-corrected chi connectivity index (χ1v) is 13.2. The quantitative estimate of drug-likeness (QED) is 0.235. The van der Waals surface area contributed by atoms with Crippen molar-refractivity contribution < 1.29 is 17.3 Å². The van der Waals surface area contributed by atoms with Gasteiger partial charge in [-0.05, 0) is 51.0 Å². The molecule has 0 spiro atoms. The average Bonchev–Trinajstić information content (AvgIpc) is 2.82. The van der Waals surface area contributed by atoms with Crippen LogP contribution < -0.4 is 10.3 Å². The van der Waals surface area contributed by atoms with E-state index in [1.165, 1.54) is 23.0 Å². The third-order valence-electron chi connectivity index (χ3n) is 5.13. The first-order chi connectivity index (χ1) is 17.0. The highest BCUT2D eigenvalue weighted by atomic mass is 35.5. The van der Waals surface area contributed by atoms with Gasteiger partial charge in [0.25, 0.3) is 15.7 Å². The molecular weight excluding hydrogens is 500 g/mol. The zero-order valence-electron chi connectivity index (χ0n) is 20.7. The first kappa shape index (κ1) is 27.5. The normalized spacial score (nSPS) is 11.6. The Morgan fingerprint density at radius 3 is 2.28 bits per heavy atom. The number of hydrogen-bond acceptors (Lipinski definition) is 6. The van der Waals surface area contributed by atoms with Crippen molar-refractivity contribution in [1.82, 2.24) is 9.78 Å². The maximum atomic E-state index is 12.4. The van der Waals surface area contributed by atoms with E-state index >= 15 is 0 Å². The molecule has 0 N–H and O–H groups in total. The fourth-order valence-corrected chi connectivity index (χ4v) is 4.23. The van der Waals surface area contributed by atoms with E-state index in [-0.39, 0.29) is 28.9 Å². The summed E-state index contributed by atoms with van der Waals surface area (Å²) < 4.78 is 36.4. The van der Waals surface area contributed by atoms with Gasteiger partial charge in [0.1, 0.15) is 6.61 Å². The van der Waals surface area contributed by atoms with Gasteiger partial charge in [-0.1, -0.05) is 59.5 Å². The molecule has 0 bridgehead atoms. The van der Waals surface area contributed by atoms with Gasteiger partial charge >= 0.3 is 0 Å². The molecule has 0 aliphatic rings. The van der Waals surface area contributed by atoms with Gasteiger partial charge in [0.15, 0.2) is 10.8 Å². The third-order valence-corrected chi connectivity index (χ3v) is 6.81. The van der Waals surface area contributed by atoms with Crippen LogP contribution in [0.3, 0.4) is 0 Å². The number of halogens is 1. The number of ether oxygens (including phenoxy) is 1. The van der Waals surface area contributed by atoms with Crippen molar-refractivity contribution in [2.75, 3.05) is 6.61 Å². The number of aromatic nitrogens is 2. The molecule has 0 aliphatic carbocycles. The van der Waals surface area contributed by atoms with Crippen LogP contribution in [0.15, 0.2) is 64.4 Å². The van der Waals surface area contributed by atoms with E-state index in [9.17, 15) is 13.2 Å². The van der Waals surface area contributed by atoms with E-state index in [1.807, 2.05) is 52.0 Å². The van der Waals surface area contributed by atoms with Crippen LogP contribution in [-0.4, -0.2) is 24.8 Å². The number of hydrogen-bond donors (Lipinski definition) is 0. The molecule has 2 aromatic carbocycles. The lowest BCUT2D eigenvalue weighted by atomic mass is 10.1. The molecule has 1 heterocycles. The summed E-state index contributed by atoms with van der Waals surface area (Å²) in [6, 6.07) is 14.2. The third kappa shape index (κ3) is 7.44. The van der Waals surface area contributed by atoms with Crippen molar-refractivity contribution in [3.63, 3.8) is 0 Å². The van der Waals surface area contributed by atoms with Crippen LogP contribution in [-0.2, 0) is 32.9 Å². The maximum Gasteiger partial charge on any atom is 0.297 e. The van der Waals surface area contributed by atoms with Gasteiger partial charge in [-0.2, -0.15) is 13.5 Å². The van der Waals surface area contributed by atoms with Gasteiger partial charge in [-0.3, -0.25) is 8.98 Å². The number of benzene rings is 2. The monoisotopic (exact) mass is 528 g/mol. The standard InChI is InChI=1S/C27H29ClN2O5S/c1-20-9-15-23(16-10-20)36(32,33)35-17-7-5-6-8-21-11-13-22(14-12-21)19-34-24-18-29-30(27(2,3)4)26(31)25(24)28/h9-16,18H,7-8,17,19H2,1-4H3. The molecule has 0 radical (unpaired) electrons. The number of aryl methyl sites for hydroxylation is 1. The summed E-state index contributed by atoms with van der Waals surface area (Å²) in [6.07, 6.45) is 2.28. The maximum absolute atomic E-state index is 12.4. The number of nitrogens with zero attached hydrogens (tertiary/aromatic N) is 2. The Balaban J connectivity index is 1.47. The second kappa shape index (κ2) is 11.7. The molecule has 0 saturated carbocycles. The summed E-state index contributed by atoms with van der Waals surface area (Å²) >= 11 is 6.20. The van der Waals surface area contributed by atoms with E-state index in [2.05, 4.69) is 16.9 Å². The zero-order valence-corrected chi connectivity index (χ0v) is 22.3. The molecule has 0 amide bonds. The second-order valence-electron chi connectivity index (χ2n) is 9.19. The Kier molecular flexibility index (Phi) is 8.96. The summed E-state index contributed by atoms with van der Waals surface area (Å²) in [6.45, 7) is 7.73. The Bertz CT molecular complexity index is 1410. The van der Waals surface area contributed by atoms with Crippen molar-refractivity contribution in [3.8, 4) is 17.6 Å². The van der Waals surface area contributed by atoms with Crippen LogP contribution in [0.2, 0.25) is 5.02 Å². The van der Waals surface area contributed by atoms with Crippen molar-refractivity contribution in [3.05, 3.63) is 86.8 Å². The molecule has 3 rings (SSSR count). The Labute approximate surface area is 217 Å². The van der Waals surface area contributed by atoms with E-state index < -0.39 is 21.2 Å². The summed E-state index contributed by atoms with van der Waals surface area (Å²) in [5.74, 6) is 6.20. The van der Waals surface area contributed by atoms with Gasteiger partial charge in [0.2, 0.25) is 0 Å². The summed E-state index contributed by atoms with van der Waals surface area (Å²) in [5, 5.41) is 4.16. The van der Waals surface area contributed by atoms with Crippen LogP contribution in [0.1, 0.15) is 43.9 Å². The van der Waals surface area contributed by atoms with Crippen LogP contribution in [0.5, 0.6) is 5.75 Å². The molecule has 3 aromatic rings. The van der Waals surface area contributed by atoms with Crippen LogP contribution in [0.4, 0.5) is 0 Å². The van der Waals surface area contributed by atoms with Crippen LogP contribution in [0, 0.1) is 18.8 Å². The van der Waals surface area contributed by atoms with Crippen molar-refractivity contribution >= 4 is 21.7 Å². The molecule has 0 unspecified atom stereocenters. The van der Waals surface area contributed by atoms with E-state index in [4.69, 9.17) is 20.5 Å². The highest BCUT2D eigenvalue weighted by molar-refractivity contribution is 7.86. The van der Waals surface area contributed by atoms with Gasteiger partial charge in [0, 0.05) is 12.8 Å². The second-order valence-corrected chi connectivity index (χ2v) is 11.2. The van der Waals surface area contributed by atoms with E-state index in [0.717, 1.165) is 16.7 Å². The molecular formula is C27H29ClN2O5S. The van der Waals surface area contributed by atoms with Crippen LogP contribution >= 0.6 is 11.6 Å². The fraction of sp³-hybridized carbons (Fsp3) is 0.333. The molecule has 0 atom stereocenters. The number of rotatable bonds is 8. The summed E-state index contributed by atoms with van der Waals surface area (Å²) in [7, 11) is -3.77. The topological polar surface area (TPSA) is 87.5 Å². The molecule has 0 aliphatic heterocycles. The predicted molar refractivity (Wildman–Crippen MR) is 140 cm³/mol. The molecule has 0 fully saturated rings. The van der Waals surface area contributed by atoms with Gasteiger partial charge in [0.05, 0.1) is 23.2 Å². The average molecular weight is 529 g/mol. The molecule has 36 heavy (non-hydrogen) atoms. The molecule has 0 saturated heterocycles. The lowest BCUT2D eigenvalue weighted by Gasteiger charge is -2.21. The van der Waals surface area contributed by atoms with Crippen molar-refractivity contribution in [2.45, 2.75) is 57.6 Å². The van der Waals surface area contributed by atoms with Crippen molar-refractivity contribution in [2.24, 2.45) is 0 Å². The highest BCUT2D eigenvalue weighted by Gasteiger charge is 2.20. The molecule has 1 aromatic heterocycles. The summed E-state index contributed by atoms with van der Waals surface area (Å²) in [4.78, 5) is 12.6. The Morgan fingerprint density at radius 2 is 1.64 bits per heavy atom. The minimum absolute atomic E-state index is 0.00228. The minimum atomic E-state index is -3.77. The lowest BCUT2D eigenvalue weighted by molar-refractivity contribution is 0.292. The summed E-state index contributed by atoms with van der Waals surface area (Å²) in [5.41, 5.74) is 2.01. The lowest BCUT2D eigenvalue weighted by Crippen LogP contribution is -2.36. The van der Waals surface area contributed by atoms with Gasteiger partial charge in [-0.15, -0.1) is 5.92 Å².